The third-order valence-corrected chi connectivity index (χ3v) is 5.92. The van der Waals surface area contributed by atoms with Gasteiger partial charge in [0.1, 0.15) is 0 Å². The van der Waals surface area contributed by atoms with Crippen molar-refractivity contribution >= 4 is 61.2 Å². The number of fused-ring (bicyclic) bond motifs is 7. The molecule has 0 bridgehead atoms. The van der Waals surface area contributed by atoms with Gasteiger partial charge in [0.2, 0.25) is 0 Å². The van der Waals surface area contributed by atoms with Crippen molar-refractivity contribution in [1.82, 2.24) is 19.9 Å². The summed E-state index contributed by atoms with van der Waals surface area (Å²) in [6.07, 6.45) is 3.51. The smallest absolute Gasteiger partial charge is 0.255 e. The molecule has 0 aliphatic heterocycles. The number of rotatable bonds is 3. The normalized spacial score (nSPS) is 11.4. The predicted molar refractivity (Wildman–Crippen MR) is 136 cm³/mol. The lowest BCUT2D eigenvalue weighted by Gasteiger charge is -2.13. The summed E-state index contributed by atoms with van der Waals surface area (Å²) < 4.78 is 0. The third-order valence-electron chi connectivity index (χ3n) is 5.92. The summed E-state index contributed by atoms with van der Waals surface area (Å²) in [4.78, 5) is 33.9. The number of carbonyl (C=O) groups excluding carboxylic acids is 1. The van der Waals surface area contributed by atoms with Gasteiger partial charge >= 0.3 is 0 Å². The van der Waals surface area contributed by atoms with Gasteiger partial charge in [0.05, 0.1) is 33.1 Å². The van der Waals surface area contributed by atoms with Crippen molar-refractivity contribution in [1.29, 1.82) is 0 Å². The highest BCUT2D eigenvalue weighted by molar-refractivity contribution is 6.21. The molecule has 3 aromatic carbocycles. The minimum Gasteiger partial charge on any atom is -0.378 e. The summed E-state index contributed by atoms with van der Waals surface area (Å²) in [7, 11) is 3.96. The van der Waals surface area contributed by atoms with Crippen molar-refractivity contribution in [3.8, 4) is 0 Å². The SMILES string of the molecule is CN(C)c1ccc(NC(=O)c2ccc3nc4c5cccnc5c5ncccc5c4nc3c2)cc1. The number of pyridine rings is 2. The number of benzene rings is 3. The van der Waals surface area contributed by atoms with Crippen LogP contribution in [0.4, 0.5) is 11.4 Å². The molecule has 1 N–H and O–H groups in total. The lowest BCUT2D eigenvalue weighted by atomic mass is 10.1. The summed E-state index contributed by atoms with van der Waals surface area (Å²) >= 11 is 0. The first kappa shape index (κ1) is 20.0. The molecule has 164 valence electrons. The van der Waals surface area contributed by atoms with Crippen LogP contribution < -0.4 is 10.2 Å². The van der Waals surface area contributed by atoms with Crippen molar-refractivity contribution < 1.29 is 4.79 Å². The number of amides is 1. The van der Waals surface area contributed by atoms with Crippen molar-refractivity contribution in [2.45, 2.75) is 0 Å². The molecule has 0 spiro atoms. The zero-order chi connectivity index (χ0) is 23.2. The van der Waals surface area contributed by atoms with Crippen molar-refractivity contribution in [2.24, 2.45) is 0 Å². The summed E-state index contributed by atoms with van der Waals surface area (Å²) in [6, 6.07) is 20.8. The second-order valence-electron chi connectivity index (χ2n) is 8.32. The van der Waals surface area contributed by atoms with E-state index in [4.69, 9.17) is 9.97 Å². The fraction of sp³-hybridized carbons (Fsp3) is 0.0741. The van der Waals surface area contributed by atoms with Crippen molar-refractivity contribution in [3.05, 3.63) is 84.7 Å². The van der Waals surface area contributed by atoms with E-state index < -0.39 is 0 Å². The first-order chi connectivity index (χ1) is 16.6. The molecule has 7 heteroatoms. The lowest BCUT2D eigenvalue weighted by molar-refractivity contribution is 0.102. The summed E-state index contributed by atoms with van der Waals surface area (Å²) in [5.74, 6) is -0.198. The van der Waals surface area contributed by atoms with Gasteiger partial charge in [0, 0.05) is 54.2 Å². The highest BCUT2D eigenvalue weighted by atomic mass is 16.1. The molecular formula is C27H20N6O. The molecule has 7 nitrogen and oxygen atoms in total. The minimum atomic E-state index is -0.198. The molecule has 6 rings (SSSR count). The van der Waals surface area contributed by atoms with Gasteiger partial charge in [-0.2, -0.15) is 0 Å². The minimum absolute atomic E-state index is 0.198. The molecule has 3 heterocycles. The molecule has 1 amide bonds. The molecule has 0 aliphatic rings. The van der Waals surface area contributed by atoms with Crippen LogP contribution >= 0.6 is 0 Å². The largest absolute Gasteiger partial charge is 0.378 e. The lowest BCUT2D eigenvalue weighted by Crippen LogP contribution is -2.12. The second-order valence-corrected chi connectivity index (χ2v) is 8.32. The van der Waals surface area contributed by atoms with Crippen molar-refractivity contribution in [2.75, 3.05) is 24.3 Å². The Balaban J connectivity index is 1.46. The first-order valence-electron chi connectivity index (χ1n) is 10.9. The number of hydrogen-bond acceptors (Lipinski definition) is 6. The average molecular weight is 444 g/mol. The Labute approximate surface area is 195 Å². The number of aromatic nitrogens is 4. The van der Waals surface area contributed by atoms with E-state index in [-0.39, 0.29) is 5.91 Å². The Morgan fingerprint density at radius 3 is 1.97 bits per heavy atom. The van der Waals surface area contributed by atoms with Crippen LogP contribution in [0.1, 0.15) is 10.4 Å². The second kappa shape index (κ2) is 7.74. The zero-order valence-corrected chi connectivity index (χ0v) is 18.6. The van der Waals surface area contributed by atoms with Gasteiger partial charge < -0.3 is 10.2 Å². The quantitative estimate of drug-likeness (QED) is 0.298. The fourth-order valence-electron chi connectivity index (χ4n) is 4.19. The molecule has 0 atom stereocenters. The Bertz CT molecular complexity index is 1730. The Morgan fingerprint density at radius 1 is 0.735 bits per heavy atom. The van der Waals surface area contributed by atoms with Gasteiger partial charge in [-0.1, -0.05) is 0 Å². The molecule has 0 fully saturated rings. The topological polar surface area (TPSA) is 83.9 Å². The monoisotopic (exact) mass is 444 g/mol. The fourth-order valence-corrected chi connectivity index (χ4v) is 4.19. The van der Waals surface area contributed by atoms with E-state index in [1.54, 1.807) is 24.5 Å². The van der Waals surface area contributed by atoms with E-state index in [0.717, 1.165) is 44.2 Å². The summed E-state index contributed by atoms with van der Waals surface area (Å²) in [5.41, 5.74) is 6.78. The van der Waals surface area contributed by atoms with E-state index in [1.165, 1.54) is 0 Å². The van der Waals surface area contributed by atoms with E-state index in [2.05, 4.69) is 15.3 Å². The van der Waals surface area contributed by atoms with E-state index in [0.29, 0.717) is 16.6 Å². The van der Waals surface area contributed by atoms with E-state index >= 15 is 0 Å². The molecule has 0 saturated carbocycles. The predicted octanol–water partition coefficient (Wildman–Crippen LogP) is 5.20. The first-order valence-corrected chi connectivity index (χ1v) is 10.9. The maximum absolute atomic E-state index is 12.9. The molecule has 0 radical (unpaired) electrons. The van der Waals surface area contributed by atoms with Gasteiger partial charge in [0.25, 0.3) is 5.91 Å². The number of nitrogens with zero attached hydrogens (tertiary/aromatic N) is 5. The van der Waals surface area contributed by atoms with Crippen LogP contribution in [-0.2, 0) is 0 Å². The maximum atomic E-state index is 12.9. The van der Waals surface area contributed by atoms with Gasteiger partial charge in [0.15, 0.2) is 0 Å². The Kier molecular flexibility index (Phi) is 4.55. The van der Waals surface area contributed by atoms with Crippen LogP contribution in [0.3, 0.4) is 0 Å². The Morgan fingerprint density at radius 2 is 1.35 bits per heavy atom. The molecule has 0 aliphatic carbocycles. The van der Waals surface area contributed by atoms with E-state index in [1.807, 2.05) is 73.6 Å². The highest BCUT2D eigenvalue weighted by Crippen LogP contribution is 2.32. The number of anilines is 2. The maximum Gasteiger partial charge on any atom is 0.255 e. The number of carbonyl (C=O) groups is 1. The third kappa shape index (κ3) is 3.26. The molecule has 34 heavy (non-hydrogen) atoms. The van der Waals surface area contributed by atoms with Crippen LogP contribution in [0.25, 0.3) is 43.9 Å². The number of hydrogen-bond donors (Lipinski definition) is 1. The van der Waals surface area contributed by atoms with Crippen LogP contribution in [0.5, 0.6) is 0 Å². The summed E-state index contributed by atoms with van der Waals surface area (Å²) in [5, 5.41) is 4.74. The van der Waals surface area contributed by atoms with Crippen LogP contribution in [0.15, 0.2) is 79.1 Å². The van der Waals surface area contributed by atoms with Gasteiger partial charge in [-0.25, -0.2) is 9.97 Å². The van der Waals surface area contributed by atoms with Gasteiger partial charge in [-0.3, -0.25) is 14.8 Å². The molecule has 0 saturated heterocycles. The van der Waals surface area contributed by atoms with Crippen LogP contribution in [0.2, 0.25) is 0 Å². The van der Waals surface area contributed by atoms with Gasteiger partial charge in [-0.15, -0.1) is 0 Å². The average Bonchev–Trinajstić information content (AvgIpc) is 2.88. The van der Waals surface area contributed by atoms with Gasteiger partial charge in [-0.05, 0) is 66.7 Å². The van der Waals surface area contributed by atoms with Crippen molar-refractivity contribution in [3.63, 3.8) is 0 Å². The molecular weight excluding hydrogens is 424 g/mol. The van der Waals surface area contributed by atoms with E-state index in [9.17, 15) is 4.79 Å². The molecule has 3 aromatic heterocycles. The Hall–Kier alpha value is -4.65. The standard InChI is InChI=1S/C27H20N6O/c1-33(2)18-10-8-17(9-11-18)30-27(34)16-7-12-21-22(15-16)32-26-20-6-4-14-29-24(20)23-19(25(26)31-21)5-3-13-28-23/h3-15H,1-2H3,(H,30,34). The van der Waals surface area contributed by atoms with Crippen LogP contribution in [0, 0.1) is 0 Å². The number of nitrogens with one attached hydrogen (secondary N) is 1. The van der Waals surface area contributed by atoms with Crippen LogP contribution in [-0.4, -0.2) is 39.9 Å². The highest BCUT2D eigenvalue weighted by Gasteiger charge is 2.15. The molecule has 0 unspecified atom stereocenters. The molecule has 6 aromatic rings. The summed E-state index contributed by atoms with van der Waals surface area (Å²) in [6.45, 7) is 0. The zero-order valence-electron chi connectivity index (χ0n) is 18.6.